The van der Waals surface area contributed by atoms with Crippen LogP contribution in [0.4, 0.5) is 0 Å². The molecule has 0 N–H and O–H groups in total. The molecule has 0 saturated carbocycles. The standard InChI is InChI=1S/C37H30N4O/c1-21(2)24-9-7-10-25(22(3)4)35(24)41-33-14-6-5-13-32(33)40-37(41)27-12-8-11-26-29-17-23-19-39-31-15-16-38-20-30(31)28(23)18-34(29)42-36(26)27/h5-22H,1-4H3. The molecule has 0 atom stereocenters. The SMILES string of the molecule is CC(C)c1cccc(C(C)C)c1-n1c(-c2cccc3c2oc2cc4c(cnc5ccncc54)cc23)nc2ccccc21. The number of aromatic nitrogens is 4. The molecule has 0 amide bonds. The molecule has 0 aliphatic carbocycles. The van der Waals surface area contributed by atoms with Gasteiger partial charge in [0.05, 0.1) is 27.8 Å². The van der Waals surface area contributed by atoms with Crippen LogP contribution in [0.5, 0.6) is 0 Å². The Morgan fingerprint density at radius 3 is 2.29 bits per heavy atom. The van der Waals surface area contributed by atoms with Gasteiger partial charge in [-0.1, -0.05) is 70.2 Å². The lowest BCUT2D eigenvalue weighted by Gasteiger charge is -2.22. The van der Waals surface area contributed by atoms with E-state index in [4.69, 9.17) is 9.40 Å². The Hall–Kier alpha value is -5.03. The van der Waals surface area contributed by atoms with Crippen molar-refractivity contribution in [1.29, 1.82) is 0 Å². The van der Waals surface area contributed by atoms with Crippen LogP contribution in [0.15, 0.2) is 102 Å². The molecule has 5 heteroatoms. The minimum Gasteiger partial charge on any atom is -0.455 e. The van der Waals surface area contributed by atoms with Crippen LogP contribution in [0, 0.1) is 0 Å². The number of hydrogen-bond acceptors (Lipinski definition) is 4. The van der Waals surface area contributed by atoms with E-state index in [1.165, 1.54) is 16.8 Å². The van der Waals surface area contributed by atoms with Gasteiger partial charge in [-0.2, -0.15) is 0 Å². The highest BCUT2D eigenvalue weighted by molar-refractivity contribution is 6.16. The average Bonchev–Trinajstić information content (AvgIpc) is 3.57. The molecule has 0 unspecified atom stereocenters. The summed E-state index contributed by atoms with van der Waals surface area (Å²) in [5, 5.41) is 5.30. The van der Waals surface area contributed by atoms with E-state index in [1.807, 2.05) is 18.5 Å². The Labute approximate surface area is 243 Å². The summed E-state index contributed by atoms with van der Waals surface area (Å²) < 4.78 is 9.11. The Kier molecular flexibility index (Phi) is 5.45. The molecule has 4 aromatic carbocycles. The zero-order valence-electron chi connectivity index (χ0n) is 24.1. The van der Waals surface area contributed by atoms with Gasteiger partial charge in [-0.15, -0.1) is 0 Å². The second kappa shape index (κ2) is 9.25. The van der Waals surface area contributed by atoms with Gasteiger partial charge in [-0.05, 0) is 64.7 Å². The quantitative estimate of drug-likeness (QED) is 0.206. The van der Waals surface area contributed by atoms with Gasteiger partial charge in [0.1, 0.15) is 17.0 Å². The maximum Gasteiger partial charge on any atom is 0.149 e. The van der Waals surface area contributed by atoms with Crippen molar-refractivity contribution >= 4 is 54.6 Å². The highest BCUT2D eigenvalue weighted by Crippen LogP contribution is 2.42. The third-order valence-electron chi connectivity index (χ3n) is 8.47. The molecule has 0 saturated heterocycles. The van der Waals surface area contributed by atoms with Crippen LogP contribution in [0.2, 0.25) is 0 Å². The number of fused-ring (bicyclic) bond motifs is 7. The number of pyridine rings is 2. The molecule has 8 aromatic rings. The van der Waals surface area contributed by atoms with Gasteiger partial charge in [0.2, 0.25) is 0 Å². The summed E-state index contributed by atoms with van der Waals surface area (Å²) in [6.07, 6.45) is 5.60. The highest BCUT2D eigenvalue weighted by Gasteiger charge is 2.24. The van der Waals surface area contributed by atoms with E-state index < -0.39 is 0 Å². The van der Waals surface area contributed by atoms with Crippen LogP contribution in [-0.4, -0.2) is 19.5 Å². The number of rotatable bonds is 4. The lowest BCUT2D eigenvalue weighted by atomic mass is 9.92. The van der Waals surface area contributed by atoms with Crippen molar-refractivity contribution in [3.63, 3.8) is 0 Å². The van der Waals surface area contributed by atoms with Crippen molar-refractivity contribution in [2.75, 3.05) is 0 Å². The van der Waals surface area contributed by atoms with Gasteiger partial charge in [0, 0.05) is 40.1 Å². The first-order valence-corrected chi connectivity index (χ1v) is 14.6. The predicted octanol–water partition coefficient (Wildman–Crippen LogP) is 9.94. The molecule has 0 spiro atoms. The fraction of sp³-hybridized carbons (Fsp3) is 0.162. The maximum absolute atomic E-state index is 6.74. The number of para-hydroxylation sites is 4. The van der Waals surface area contributed by atoms with Gasteiger partial charge in [-0.25, -0.2) is 4.98 Å². The molecule has 4 heterocycles. The van der Waals surface area contributed by atoms with Crippen LogP contribution in [0.25, 0.3) is 71.7 Å². The number of nitrogens with zero attached hydrogens (tertiary/aromatic N) is 4. The van der Waals surface area contributed by atoms with E-state index in [1.54, 1.807) is 6.20 Å². The molecular formula is C37H30N4O. The largest absolute Gasteiger partial charge is 0.455 e. The molecule has 4 aromatic heterocycles. The van der Waals surface area contributed by atoms with Crippen molar-refractivity contribution in [3.05, 3.63) is 109 Å². The number of benzene rings is 4. The van der Waals surface area contributed by atoms with Crippen molar-refractivity contribution in [2.45, 2.75) is 39.5 Å². The first-order chi connectivity index (χ1) is 20.5. The minimum atomic E-state index is 0.347. The first kappa shape index (κ1) is 24.7. The summed E-state index contributed by atoms with van der Waals surface area (Å²) in [7, 11) is 0. The molecule has 0 bridgehead atoms. The zero-order chi connectivity index (χ0) is 28.5. The second-order valence-electron chi connectivity index (χ2n) is 11.7. The van der Waals surface area contributed by atoms with Gasteiger partial charge in [-0.3, -0.25) is 14.5 Å². The van der Waals surface area contributed by atoms with Gasteiger partial charge >= 0.3 is 0 Å². The summed E-state index contributed by atoms with van der Waals surface area (Å²) >= 11 is 0. The van der Waals surface area contributed by atoms with E-state index in [-0.39, 0.29) is 0 Å². The third kappa shape index (κ3) is 3.59. The average molecular weight is 547 g/mol. The molecule has 0 fully saturated rings. The van der Waals surface area contributed by atoms with E-state index in [0.717, 1.165) is 66.0 Å². The van der Waals surface area contributed by atoms with E-state index >= 15 is 0 Å². The van der Waals surface area contributed by atoms with Crippen molar-refractivity contribution in [2.24, 2.45) is 0 Å². The number of furan rings is 1. The van der Waals surface area contributed by atoms with E-state index in [2.05, 4.69) is 115 Å². The fourth-order valence-electron chi connectivity index (χ4n) is 6.43. The molecule has 0 radical (unpaired) electrons. The van der Waals surface area contributed by atoms with Crippen LogP contribution >= 0.6 is 0 Å². The summed E-state index contributed by atoms with van der Waals surface area (Å²) in [5.74, 6) is 1.58. The predicted molar refractivity (Wildman–Crippen MR) is 173 cm³/mol. The summed E-state index contributed by atoms with van der Waals surface area (Å²) in [6.45, 7) is 9.06. The topological polar surface area (TPSA) is 56.7 Å². The van der Waals surface area contributed by atoms with Crippen molar-refractivity contribution in [1.82, 2.24) is 19.5 Å². The van der Waals surface area contributed by atoms with Crippen LogP contribution in [0.1, 0.15) is 50.7 Å². The Balaban J connectivity index is 1.47. The Morgan fingerprint density at radius 1 is 0.690 bits per heavy atom. The molecule has 0 aliphatic heterocycles. The monoisotopic (exact) mass is 546 g/mol. The van der Waals surface area contributed by atoms with Gasteiger partial charge in [0.15, 0.2) is 0 Å². The molecule has 0 aliphatic rings. The molecule has 8 rings (SSSR count). The summed E-state index contributed by atoms with van der Waals surface area (Å²) in [4.78, 5) is 14.3. The molecular weight excluding hydrogens is 516 g/mol. The van der Waals surface area contributed by atoms with Crippen LogP contribution in [-0.2, 0) is 0 Å². The Bertz CT molecular complexity index is 2300. The third-order valence-corrected chi connectivity index (χ3v) is 8.47. The van der Waals surface area contributed by atoms with Crippen molar-refractivity contribution in [3.8, 4) is 17.1 Å². The van der Waals surface area contributed by atoms with Gasteiger partial charge in [0.25, 0.3) is 0 Å². The van der Waals surface area contributed by atoms with E-state index in [9.17, 15) is 0 Å². The minimum absolute atomic E-state index is 0.347. The lowest BCUT2D eigenvalue weighted by Crippen LogP contribution is -2.08. The number of imidazole rings is 1. The highest BCUT2D eigenvalue weighted by atomic mass is 16.3. The summed E-state index contributed by atoms with van der Waals surface area (Å²) in [5.41, 5.74) is 9.46. The van der Waals surface area contributed by atoms with Crippen LogP contribution in [0.3, 0.4) is 0 Å². The number of hydrogen-bond donors (Lipinski definition) is 0. The summed E-state index contributed by atoms with van der Waals surface area (Å²) in [6, 6.07) is 27.8. The van der Waals surface area contributed by atoms with Crippen LogP contribution < -0.4 is 0 Å². The normalized spacial score (nSPS) is 12.2. The lowest BCUT2D eigenvalue weighted by molar-refractivity contribution is 0.670. The zero-order valence-corrected chi connectivity index (χ0v) is 24.1. The second-order valence-corrected chi connectivity index (χ2v) is 11.7. The maximum atomic E-state index is 6.74. The van der Waals surface area contributed by atoms with E-state index in [0.29, 0.717) is 11.8 Å². The molecule has 204 valence electrons. The first-order valence-electron chi connectivity index (χ1n) is 14.6. The smallest absolute Gasteiger partial charge is 0.149 e. The molecule has 5 nitrogen and oxygen atoms in total. The molecule has 42 heavy (non-hydrogen) atoms. The fourth-order valence-corrected chi connectivity index (χ4v) is 6.43. The van der Waals surface area contributed by atoms with Gasteiger partial charge < -0.3 is 4.42 Å². The Morgan fingerprint density at radius 2 is 1.48 bits per heavy atom. The van der Waals surface area contributed by atoms with Crippen molar-refractivity contribution < 1.29 is 4.42 Å².